The van der Waals surface area contributed by atoms with E-state index in [4.69, 9.17) is 5.26 Å². The molecule has 0 aliphatic heterocycles. The number of hydrogen-bond acceptors (Lipinski definition) is 2. The Morgan fingerprint density at radius 1 is 1.22 bits per heavy atom. The maximum absolute atomic E-state index is 8.54. The first kappa shape index (κ1) is 14.7. The first-order valence-electron chi connectivity index (χ1n) is 6.63. The summed E-state index contributed by atoms with van der Waals surface area (Å²) in [6, 6.07) is 11.0. The van der Waals surface area contributed by atoms with Crippen molar-refractivity contribution in [2.45, 2.75) is 39.5 Å². The van der Waals surface area contributed by atoms with Crippen LogP contribution in [0.2, 0.25) is 0 Å². The Balaban J connectivity index is 2.68. The predicted octanol–water partition coefficient (Wildman–Crippen LogP) is 3.28. The van der Waals surface area contributed by atoms with E-state index in [1.54, 1.807) is 0 Å². The van der Waals surface area contributed by atoms with Gasteiger partial charge in [-0.3, -0.25) is 0 Å². The predicted molar refractivity (Wildman–Crippen MR) is 76.5 cm³/mol. The van der Waals surface area contributed by atoms with E-state index in [9.17, 15) is 0 Å². The average Bonchev–Trinajstić information content (AvgIpc) is 2.29. The fourth-order valence-corrected chi connectivity index (χ4v) is 2.10. The number of nitrogens with zero attached hydrogens (tertiary/aromatic N) is 1. The summed E-state index contributed by atoms with van der Waals surface area (Å²) in [4.78, 5) is 0. The topological polar surface area (TPSA) is 35.8 Å². The Hall–Kier alpha value is -1.33. The van der Waals surface area contributed by atoms with Crippen molar-refractivity contribution in [1.82, 2.24) is 5.32 Å². The van der Waals surface area contributed by atoms with Gasteiger partial charge in [0.1, 0.15) is 0 Å². The van der Waals surface area contributed by atoms with Crippen molar-refractivity contribution in [3.63, 3.8) is 0 Å². The maximum atomic E-state index is 8.54. The van der Waals surface area contributed by atoms with Crippen LogP contribution < -0.4 is 5.32 Å². The summed E-state index contributed by atoms with van der Waals surface area (Å²) in [5, 5.41) is 11.7. The second-order valence-electron chi connectivity index (χ2n) is 5.94. The Labute approximate surface area is 111 Å². The van der Waals surface area contributed by atoms with E-state index in [0.29, 0.717) is 12.5 Å². The van der Waals surface area contributed by atoms with E-state index in [0.717, 1.165) is 13.0 Å². The molecule has 0 aliphatic rings. The van der Waals surface area contributed by atoms with Crippen LogP contribution in [0.4, 0.5) is 0 Å². The monoisotopic (exact) mass is 244 g/mol. The number of nitrogens with one attached hydrogen (secondary N) is 1. The van der Waals surface area contributed by atoms with Gasteiger partial charge in [-0.2, -0.15) is 5.26 Å². The van der Waals surface area contributed by atoms with Crippen LogP contribution in [0.3, 0.4) is 0 Å². The normalized spacial score (nSPS) is 11.6. The zero-order valence-electron chi connectivity index (χ0n) is 12.0. The third-order valence-corrected chi connectivity index (χ3v) is 3.15. The van der Waals surface area contributed by atoms with Crippen molar-refractivity contribution in [3.05, 3.63) is 35.4 Å². The molecule has 1 rings (SSSR count). The summed E-state index contributed by atoms with van der Waals surface area (Å²) in [6.07, 6.45) is 1.13. The quantitative estimate of drug-likeness (QED) is 0.616. The van der Waals surface area contributed by atoms with Gasteiger partial charge in [0, 0.05) is 12.0 Å². The van der Waals surface area contributed by atoms with Crippen molar-refractivity contribution in [2.75, 3.05) is 13.1 Å². The minimum atomic E-state index is 0.0627. The molecule has 0 bridgehead atoms. The van der Waals surface area contributed by atoms with Gasteiger partial charge < -0.3 is 5.32 Å². The molecule has 2 nitrogen and oxygen atoms in total. The lowest BCUT2D eigenvalue weighted by Crippen LogP contribution is -2.33. The zero-order valence-corrected chi connectivity index (χ0v) is 12.0. The summed E-state index contributed by atoms with van der Waals surface area (Å²) in [7, 11) is 0. The summed E-state index contributed by atoms with van der Waals surface area (Å²) < 4.78 is 0. The van der Waals surface area contributed by atoms with E-state index in [-0.39, 0.29) is 5.41 Å². The van der Waals surface area contributed by atoms with Gasteiger partial charge in [-0.1, -0.05) is 52.0 Å². The molecule has 0 aromatic heterocycles. The molecule has 0 saturated heterocycles. The van der Waals surface area contributed by atoms with Crippen LogP contribution in [0.15, 0.2) is 24.3 Å². The van der Waals surface area contributed by atoms with E-state index in [1.807, 2.05) is 0 Å². The molecule has 0 unspecified atom stereocenters. The summed E-state index contributed by atoms with van der Waals surface area (Å²) in [5.74, 6) is 0.696. The highest BCUT2D eigenvalue weighted by Gasteiger charge is 2.19. The molecule has 0 fully saturated rings. The van der Waals surface area contributed by atoms with Gasteiger partial charge in [0.25, 0.3) is 0 Å². The van der Waals surface area contributed by atoms with Crippen LogP contribution >= 0.6 is 0 Å². The first-order chi connectivity index (χ1) is 8.45. The molecule has 98 valence electrons. The van der Waals surface area contributed by atoms with Crippen LogP contribution in [0.1, 0.15) is 38.8 Å². The van der Waals surface area contributed by atoms with E-state index in [2.05, 4.69) is 63.3 Å². The van der Waals surface area contributed by atoms with E-state index < -0.39 is 0 Å². The molecule has 0 heterocycles. The Morgan fingerprint density at radius 3 is 2.33 bits per heavy atom. The van der Waals surface area contributed by atoms with E-state index >= 15 is 0 Å². The number of nitriles is 1. The molecular weight excluding hydrogens is 220 g/mol. The number of benzene rings is 1. The second kappa shape index (κ2) is 6.56. The van der Waals surface area contributed by atoms with Gasteiger partial charge >= 0.3 is 0 Å². The lowest BCUT2D eigenvalue weighted by atomic mass is 9.84. The molecule has 0 amide bonds. The van der Waals surface area contributed by atoms with Crippen molar-refractivity contribution in [3.8, 4) is 6.07 Å². The SMILES string of the molecule is CC(C)Cc1ccc(C(C)(C)CNCC#N)cc1. The molecule has 1 N–H and O–H groups in total. The van der Waals surface area contributed by atoms with Crippen LogP contribution in [0.25, 0.3) is 0 Å². The molecule has 0 spiro atoms. The Kier molecular flexibility index (Phi) is 5.37. The standard InChI is InChI=1S/C16H24N2/c1-13(2)11-14-5-7-15(8-6-14)16(3,4)12-18-10-9-17/h5-8,13,18H,10-12H2,1-4H3. The highest BCUT2D eigenvalue weighted by Crippen LogP contribution is 2.23. The van der Waals surface area contributed by atoms with Crippen LogP contribution in [-0.4, -0.2) is 13.1 Å². The molecular formula is C16H24N2. The molecule has 0 saturated carbocycles. The highest BCUT2D eigenvalue weighted by atomic mass is 14.9. The summed E-state index contributed by atoms with van der Waals surface area (Å²) in [6.45, 7) is 10.1. The molecule has 18 heavy (non-hydrogen) atoms. The molecule has 0 atom stereocenters. The van der Waals surface area contributed by atoms with Crippen molar-refractivity contribution < 1.29 is 0 Å². The van der Waals surface area contributed by atoms with E-state index in [1.165, 1.54) is 11.1 Å². The average molecular weight is 244 g/mol. The molecule has 0 radical (unpaired) electrons. The lowest BCUT2D eigenvalue weighted by molar-refractivity contribution is 0.484. The Bertz CT molecular complexity index is 396. The molecule has 0 aliphatic carbocycles. The second-order valence-corrected chi connectivity index (χ2v) is 5.94. The van der Waals surface area contributed by atoms with Crippen LogP contribution in [0.5, 0.6) is 0 Å². The molecule has 1 aromatic carbocycles. The zero-order chi connectivity index (χ0) is 13.6. The van der Waals surface area contributed by atoms with Gasteiger partial charge in [0.2, 0.25) is 0 Å². The third kappa shape index (κ3) is 4.50. The Morgan fingerprint density at radius 2 is 1.83 bits per heavy atom. The molecule has 2 heteroatoms. The minimum absolute atomic E-state index is 0.0627. The van der Waals surface area contributed by atoms with Gasteiger partial charge in [-0.25, -0.2) is 0 Å². The number of rotatable bonds is 6. The van der Waals surface area contributed by atoms with Crippen LogP contribution in [0, 0.1) is 17.2 Å². The van der Waals surface area contributed by atoms with Gasteiger partial charge in [-0.05, 0) is 23.5 Å². The smallest absolute Gasteiger partial charge is 0.0841 e. The maximum Gasteiger partial charge on any atom is 0.0841 e. The molecule has 1 aromatic rings. The van der Waals surface area contributed by atoms with Crippen molar-refractivity contribution >= 4 is 0 Å². The summed E-state index contributed by atoms with van der Waals surface area (Å²) >= 11 is 0. The highest BCUT2D eigenvalue weighted by molar-refractivity contribution is 5.28. The van der Waals surface area contributed by atoms with Crippen LogP contribution in [-0.2, 0) is 11.8 Å². The minimum Gasteiger partial charge on any atom is -0.304 e. The van der Waals surface area contributed by atoms with Gasteiger partial charge in [0.15, 0.2) is 0 Å². The fourth-order valence-electron chi connectivity index (χ4n) is 2.10. The van der Waals surface area contributed by atoms with Gasteiger partial charge in [0.05, 0.1) is 12.6 Å². The largest absolute Gasteiger partial charge is 0.304 e. The summed E-state index contributed by atoms with van der Waals surface area (Å²) in [5.41, 5.74) is 2.78. The lowest BCUT2D eigenvalue weighted by Gasteiger charge is -2.25. The number of hydrogen-bond donors (Lipinski definition) is 1. The third-order valence-electron chi connectivity index (χ3n) is 3.15. The van der Waals surface area contributed by atoms with Gasteiger partial charge in [-0.15, -0.1) is 0 Å². The van der Waals surface area contributed by atoms with Crippen molar-refractivity contribution in [1.29, 1.82) is 5.26 Å². The fraction of sp³-hybridized carbons (Fsp3) is 0.562. The van der Waals surface area contributed by atoms with Crippen molar-refractivity contribution in [2.24, 2.45) is 5.92 Å². The first-order valence-corrected chi connectivity index (χ1v) is 6.63.